The summed E-state index contributed by atoms with van der Waals surface area (Å²) in [6, 6.07) is 0. The number of carbonyl (C=O) groups is 1. The number of rotatable bonds is 4. The Morgan fingerprint density at radius 3 is 2.85 bits per heavy atom. The molecule has 7 heteroatoms. The third-order valence-electron chi connectivity index (χ3n) is 2.57. The summed E-state index contributed by atoms with van der Waals surface area (Å²) in [6.07, 6.45) is -0.941. The van der Waals surface area contributed by atoms with Crippen molar-refractivity contribution in [1.82, 2.24) is 10.2 Å². The van der Waals surface area contributed by atoms with E-state index < -0.39 is 11.7 Å². The fourth-order valence-electron chi connectivity index (χ4n) is 1.70. The Balaban J connectivity index is 2.42. The van der Waals surface area contributed by atoms with Gasteiger partial charge in [-0.2, -0.15) is 0 Å². The molecule has 0 saturated heterocycles. The molecule has 0 radical (unpaired) electrons. The number of carbonyl (C=O) groups excluding carboxylic acids is 1. The standard InChI is InChI=1S/C13H25N3O4/c1-13(2,3)20-12(18)16-6-5-14-11(8-16)15-7-10(17)9-19-4/h10,17H,5-9H2,1-4H3,(H,14,15). The fraction of sp³-hybridized carbons (Fsp3) is 0.846. The zero-order valence-electron chi connectivity index (χ0n) is 12.7. The highest BCUT2D eigenvalue weighted by Crippen LogP contribution is 2.10. The quantitative estimate of drug-likeness (QED) is 0.773. The van der Waals surface area contributed by atoms with Crippen molar-refractivity contribution in [2.45, 2.75) is 32.5 Å². The highest BCUT2D eigenvalue weighted by molar-refractivity contribution is 5.87. The average molecular weight is 287 g/mol. The zero-order valence-corrected chi connectivity index (χ0v) is 12.7. The largest absolute Gasteiger partial charge is 0.444 e. The Bertz CT molecular complexity index is 352. The van der Waals surface area contributed by atoms with Gasteiger partial charge >= 0.3 is 6.09 Å². The van der Waals surface area contributed by atoms with E-state index in [4.69, 9.17) is 9.47 Å². The van der Waals surface area contributed by atoms with Gasteiger partial charge in [-0.15, -0.1) is 0 Å². The Morgan fingerprint density at radius 1 is 1.55 bits per heavy atom. The summed E-state index contributed by atoms with van der Waals surface area (Å²) in [5, 5.41) is 12.6. The SMILES string of the molecule is COCC(O)CNC1=NCCN(C(=O)OC(C)(C)C)C1. The van der Waals surface area contributed by atoms with E-state index >= 15 is 0 Å². The molecule has 1 rings (SSSR count). The Kier molecular flexibility index (Phi) is 6.22. The number of amidine groups is 1. The summed E-state index contributed by atoms with van der Waals surface area (Å²) in [4.78, 5) is 17.8. The summed E-state index contributed by atoms with van der Waals surface area (Å²) in [5.74, 6) is 0.678. The molecule has 20 heavy (non-hydrogen) atoms. The van der Waals surface area contributed by atoms with Gasteiger partial charge in [0.25, 0.3) is 0 Å². The second-order valence-electron chi connectivity index (χ2n) is 5.72. The average Bonchev–Trinajstić information content (AvgIpc) is 2.35. The maximum absolute atomic E-state index is 12.0. The Hall–Kier alpha value is -1.34. The zero-order chi connectivity index (χ0) is 15.2. The number of methoxy groups -OCH3 is 1. The summed E-state index contributed by atoms with van der Waals surface area (Å²) < 4.78 is 10.2. The maximum Gasteiger partial charge on any atom is 0.410 e. The first-order valence-electron chi connectivity index (χ1n) is 6.74. The van der Waals surface area contributed by atoms with E-state index in [0.29, 0.717) is 32.0 Å². The van der Waals surface area contributed by atoms with Crippen molar-refractivity contribution < 1.29 is 19.4 Å². The first-order chi connectivity index (χ1) is 9.31. The molecule has 0 spiro atoms. The van der Waals surface area contributed by atoms with Gasteiger partial charge in [0, 0.05) is 20.2 Å². The summed E-state index contributed by atoms with van der Waals surface area (Å²) in [7, 11) is 1.53. The molecule has 1 amide bonds. The van der Waals surface area contributed by atoms with E-state index in [2.05, 4.69) is 10.3 Å². The van der Waals surface area contributed by atoms with Crippen LogP contribution in [0.15, 0.2) is 4.99 Å². The van der Waals surface area contributed by atoms with E-state index in [-0.39, 0.29) is 12.7 Å². The number of aliphatic imine (C=N–C) groups is 1. The van der Waals surface area contributed by atoms with Gasteiger partial charge in [0.15, 0.2) is 0 Å². The van der Waals surface area contributed by atoms with Crippen LogP contribution in [0.25, 0.3) is 0 Å². The van der Waals surface area contributed by atoms with Crippen molar-refractivity contribution in [3.8, 4) is 0 Å². The van der Waals surface area contributed by atoms with E-state index in [9.17, 15) is 9.90 Å². The molecule has 0 saturated carbocycles. The highest BCUT2D eigenvalue weighted by atomic mass is 16.6. The van der Waals surface area contributed by atoms with Gasteiger partial charge in [0.1, 0.15) is 11.4 Å². The van der Waals surface area contributed by atoms with E-state index in [0.717, 1.165) is 0 Å². The third-order valence-corrected chi connectivity index (χ3v) is 2.57. The second-order valence-corrected chi connectivity index (χ2v) is 5.72. The molecule has 1 aliphatic heterocycles. The van der Waals surface area contributed by atoms with Gasteiger partial charge in [-0.1, -0.05) is 0 Å². The lowest BCUT2D eigenvalue weighted by Gasteiger charge is -2.30. The van der Waals surface area contributed by atoms with Gasteiger partial charge in [-0.05, 0) is 20.8 Å². The van der Waals surface area contributed by atoms with Crippen LogP contribution in [0, 0.1) is 0 Å². The Morgan fingerprint density at radius 2 is 2.25 bits per heavy atom. The lowest BCUT2D eigenvalue weighted by Crippen LogP contribution is -2.48. The van der Waals surface area contributed by atoms with Crippen LogP contribution in [0.1, 0.15) is 20.8 Å². The maximum atomic E-state index is 12.0. The van der Waals surface area contributed by atoms with Crippen molar-refractivity contribution in [1.29, 1.82) is 0 Å². The van der Waals surface area contributed by atoms with Gasteiger partial charge in [-0.25, -0.2) is 4.79 Å². The molecule has 0 bridgehead atoms. The fourth-order valence-corrected chi connectivity index (χ4v) is 1.70. The number of amides is 1. The molecule has 7 nitrogen and oxygen atoms in total. The van der Waals surface area contributed by atoms with E-state index in [1.54, 1.807) is 4.90 Å². The van der Waals surface area contributed by atoms with Crippen LogP contribution >= 0.6 is 0 Å². The molecule has 0 aliphatic carbocycles. The van der Waals surface area contributed by atoms with E-state index in [1.165, 1.54) is 7.11 Å². The Labute approximate surface area is 120 Å². The van der Waals surface area contributed by atoms with Crippen LogP contribution in [-0.2, 0) is 9.47 Å². The van der Waals surface area contributed by atoms with Crippen molar-refractivity contribution in [2.75, 3.05) is 39.9 Å². The molecule has 0 aromatic rings. The smallest absolute Gasteiger partial charge is 0.410 e. The molecule has 0 aromatic heterocycles. The number of aliphatic hydroxyl groups excluding tert-OH is 1. The number of nitrogens with one attached hydrogen (secondary N) is 1. The van der Waals surface area contributed by atoms with Crippen LogP contribution in [0.2, 0.25) is 0 Å². The van der Waals surface area contributed by atoms with Gasteiger partial charge in [0.2, 0.25) is 0 Å². The highest BCUT2D eigenvalue weighted by Gasteiger charge is 2.25. The van der Waals surface area contributed by atoms with E-state index in [1.807, 2.05) is 20.8 Å². The minimum atomic E-state index is -0.598. The molecule has 1 atom stereocenters. The lowest BCUT2D eigenvalue weighted by molar-refractivity contribution is 0.0275. The summed E-state index contributed by atoms with van der Waals surface area (Å²) >= 11 is 0. The molecular formula is C13H25N3O4. The topological polar surface area (TPSA) is 83.4 Å². The minimum Gasteiger partial charge on any atom is -0.444 e. The number of hydrogen-bond acceptors (Lipinski definition) is 6. The molecular weight excluding hydrogens is 262 g/mol. The van der Waals surface area contributed by atoms with Crippen molar-refractivity contribution >= 4 is 11.9 Å². The van der Waals surface area contributed by atoms with Crippen LogP contribution in [0.5, 0.6) is 0 Å². The van der Waals surface area contributed by atoms with Crippen LogP contribution in [0.4, 0.5) is 4.79 Å². The minimum absolute atomic E-state index is 0.260. The molecule has 1 aliphatic rings. The number of aliphatic hydroxyl groups is 1. The van der Waals surface area contributed by atoms with Gasteiger partial charge in [0.05, 0.1) is 25.8 Å². The molecule has 1 unspecified atom stereocenters. The lowest BCUT2D eigenvalue weighted by atomic mass is 10.2. The second kappa shape index (κ2) is 7.44. The molecule has 116 valence electrons. The molecule has 2 N–H and O–H groups in total. The summed E-state index contributed by atoms with van der Waals surface area (Å²) in [5.41, 5.74) is -0.506. The normalized spacial score (nSPS) is 17.4. The van der Waals surface area contributed by atoms with Crippen molar-refractivity contribution in [3.63, 3.8) is 0 Å². The monoisotopic (exact) mass is 287 g/mol. The van der Waals surface area contributed by atoms with Gasteiger partial charge < -0.3 is 19.9 Å². The first kappa shape index (κ1) is 16.7. The number of nitrogens with zero attached hydrogens (tertiary/aromatic N) is 2. The predicted octanol–water partition coefficient (Wildman–Crippen LogP) is 0.233. The van der Waals surface area contributed by atoms with Crippen LogP contribution in [0.3, 0.4) is 0 Å². The number of hydrogen-bond donors (Lipinski definition) is 2. The van der Waals surface area contributed by atoms with Crippen LogP contribution in [-0.4, -0.2) is 73.5 Å². The number of ether oxygens (including phenoxy) is 2. The van der Waals surface area contributed by atoms with Crippen LogP contribution < -0.4 is 5.32 Å². The summed E-state index contributed by atoms with van der Waals surface area (Å²) in [6.45, 7) is 7.55. The predicted molar refractivity (Wildman–Crippen MR) is 76.0 cm³/mol. The molecule has 0 fully saturated rings. The third kappa shape index (κ3) is 6.21. The molecule has 0 aromatic carbocycles. The molecule has 1 heterocycles. The van der Waals surface area contributed by atoms with Crippen molar-refractivity contribution in [3.05, 3.63) is 0 Å². The van der Waals surface area contributed by atoms with Gasteiger partial charge in [-0.3, -0.25) is 9.89 Å². The van der Waals surface area contributed by atoms with Crippen molar-refractivity contribution in [2.24, 2.45) is 4.99 Å². The first-order valence-corrected chi connectivity index (χ1v) is 6.74.